The topological polar surface area (TPSA) is 26.8 Å². The highest BCUT2D eigenvalue weighted by atomic mass is 16.1. The highest BCUT2D eigenvalue weighted by Crippen LogP contribution is 2.41. The number of nitrogens with zero attached hydrogens (tertiary/aromatic N) is 3. The summed E-state index contributed by atoms with van der Waals surface area (Å²) in [5.74, 6) is 0. The normalized spacial score (nSPS) is 10.6. The first kappa shape index (κ1) is 29.3. The highest BCUT2D eigenvalue weighted by Gasteiger charge is 2.17. The van der Waals surface area contributed by atoms with Gasteiger partial charge in [-0.05, 0) is 121 Å². The first-order valence-corrected chi connectivity index (χ1v) is 15.6. The van der Waals surface area contributed by atoms with Gasteiger partial charge >= 0.3 is 0 Å². The van der Waals surface area contributed by atoms with Gasteiger partial charge in [-0.25, -0.2) is 0 Å². The van der Waals surface area contributed by atoms with Crippen molar-refractivity contribution in [2.24, 2.45) is 0 Å². The third-order valence-corrected chi connectivity index (χ3v) is 8.08. The Morgan fingerprint density at radius 2 is 0.447 bits per heavy atom. The lowest BCUT2D eigenvalue weighted by Gasteiger charge is -2.29. The van der Waals surface area contributed by atoms with Crippen LogP contribution in [0, 0.1) is 0 Å². The number of rotatable bonds is 10. The van der Waals surface area contributed by atoms with E-state index in [-0.39, 0.29) is 0 Å². The average molecular weight is 608 g/mol. The second-order valence-corrected chi connectivity index (χ2v) is 11.1. The SMILES string of the molecule is O=Cc1ccc(N(c2ccc(N(c3ccccc3)c3ccccc3)cc2)c2ccc(N(c3ccccc3)c3ccccc3)cc2)cc1. The molecule has 0 spiro atoms. The molecule has 0 saturated heterocycles. The van der Waals surface area contributed by atoms with Crippen molar-refractivity contribution in [2.45, 2.75) is 0 Å². The molecular weight excluding hydrogens is 574 g/mol. The Balaban J connectivity index is 1.28. The Morgan fingerprint density at radius 3 is 0.660 bits per heavy atom. The van der Waals surface area contributed by atoms with Crippen LogP contribution in [-0.2, 0) is 0 Å². The van der Waals surface area contributed by atoms with Gasteiger partial charge in [-0.3, -0.25) is 4.79 Å². The number of hydrogen-bond donors (Lipinski definition) is 0. The number of benzene rings is 7. The van der Waals surface area contributed by atoms with Gasteiger partial charge in [0.25, 0.3) is 0 Å². The fourth-order valence-electron chi connectivity index (χ4n) is 5.85. The molecular formula is C43H33N3O. The molecule has 0 amide bonds. The summed E-state index contributed by atoms with van der Waals surface area (Å²) in [5, 5.41) is 0. The highest BCUT2D eigenvalue weighted by molar-refractivity contribution is 5.84. The van der Waals surface area contributed by atoms with Gasteiger partial charge in [0.15, 0.2) is 0 Å². The molecule has 0 aliphatic heterocycles. The number of para-hydroxylation sites is 4. The fraction of sp³-hybridized carbons (Fsp3) is 0. The molecule has 0 aliphatic rings. The first-order chi connectivity index (χ1) is 23.3. The van der Waals surface area contributed by atoms with Crippen molar-refractivity contribution in [3.63, 3.8) is 0 Å². The largest absolute Gasteiger partial charge is 0.311 e. The molecule has 47 heavy (non-hydrogen) atoms. The molecule has 7 aromatic carbocycles. The molecule has 0 aromatic heterocycles. The lowest BCUT2D eigenvalue weighted by Crippen LogP contribution is -2.13. The summed E-state index contributed by atoms with van der Waals surface area (Å²) in [6.07, 6.45) is 0.876. The maximum atomic E-state index is 11.5. The molecule has 7 rings (SSSR count). The number of carbonyl (C=O) groups is 1. The lowest BCUT2D eigenvalue weighted by atomic mass is 10.1. The molecule has 0 N–H and O–H groups in total. The van der Waals surface area contributed by atoms with E-state index in [0.717, 1.165) is 57.5 Å². The molecule has 4 heteroatoms. The van der Waals surface area contributed by atoms with E-state index in [1.54, 1.807) is 0 Å². The Kier molecular flexibility index (Phi) is 8.56. The van der Waals surface area contributed by atoms with E-state index in [0.29, 0.717) is 5.56 Å². The molecule has 0 heterocycles. The van der Waals surface area contributed by atoms with Crippen molar-refractivity contribution in [3.05, 3.63) is 200 Å². The van der Waals surface area contributed by atoms with Gasteiger partial charge in [0.2, 0.25) is 0 Å². The van der Waals surface area contributed by atoms with Crippen LogP contribution in [0.3, 0.4) is 0 Å². The minimum atomic E-state index is 0.641. The summed E-state index contributed by atoms with van der Waals surface area (Å²) < 4.78 is 0. The van der Waals surface area contributed by atoms with Crippen LogP contribution in [-0.4, -0.2) is 6.29 Å². The zero-order chi connectivity index (χ0) is 31.8. The van der Waals surface area contributed by atoms with Crippen molar-refractivity contribution < 1.29 is 4.79 Å². The summed E-state index contributed by atoms with van der Waals surface area (Å²) in [7, 11) is 0. The zero-order valence-electron chi connectivity index (χ0n) is 25.8. The van der Waals surface area contributed by atoms with E-state index < -0.39 is 0 Å². The fourth-order valence-corrected chi connectivity index (χ4v) is 5.85. The van der Waals surface area contributed by atoms with Crippen LogP contribution >= 0.6 is 0 Å². The molecule has 0 radical (unpaired) electrons. The van der Waals surface area contributed by atoms with Crippen molar-refractivity contribution in [3.8, 4) is 0 Å². The van der Waals surface area contributed by atoms with Crippen LogP contribution < -0.4 is 14.7 Å². The number of anilines is 9. The van der Waals surface area contributed by atoms with Crippen LogP contribution in [0.4, 0.5) is 51.2 Å². The molecule has 0 atom stereocenters. The third kappa shape index (κ3) is 6.39. The van der Waals surface area contributed by atoms with E-state index in [4.69, 9.17) is 0 Å². The van der Waals surface area contributed by atoms with Gasteiger partial charge in [-0.2, -0.15) is 0 Å². The minimum Gasteiger partial charge on any atom is -0.311 e. The summed E-state index contributed by atoms with van der Waals surface area (Å²) in [4.78, 5) is 18.2. The van der Waals surface area contributed by atoms with Crippen LogP contribution in [0.1, 0.15) is 10.4 Å². The van der Waals surface area contributed by atoms with Gasteiger partial charge in [0, 0.05) is 56.7 Å². The summed E-state index contributed by atoms with van der Waals surface area (Å²) in [6.45, 7) is 0. The predicted octanol–water partition coefficient (Wildman–Crippen LogP) is 11.9. The second kappa shape index (κ2) is 13.7. The van der Waals surface area contributed by atoms with Crippen LogP contribution in [0.15, 0.2) is 194 Å². The number of hydrogen-bond acceptors (Lipinski definition) is 4. The van der Waals surface area contributed by atoms with Crippen molar-refractivity contribution >= 4 is 57.5 Å². The lowest BCUT2D eigenvalue weighted by molar-refractivity contribution is 0.112. The standard InChI is InChI=1S/C43H33N3O/c47-33-34-21-23-39(24-22-34)46(42-29-25-40(26-30-42)44(35-13-5-1-6-14-35)36-15-7-2-8-16-36)43-31-27-41(28-32-43)45(37-17-9-3-10-18-37)38-19-11-4-12-20-38/h1-33H. The maximum absolute atomic E-state index is 11.5. The molecule has 4 nitrogen and oxygen atoms in total. The first-order valence-electron chi connectivity index (χ1n) is 15.6. The Morgan fingerprint density at radius 1 is 0.255 bits per heavy atom. The minimum absolute atomic E-state index is 0.641. The Bertz CT molecular complexity index is 1810. The summed E-state index contributed by atoms with van der Waals surface area (Å²) in [6, 6.07) is 66.5. The van der Waals surface area contributed by atoms with E-state index in [1.165, 1.54) is 0 Å². The average Bonchev–Trinajstić information content (AvgIpc) is 3.15. The van der Waals surface area contributed by atoms with Gasteiger partial charge in [0.05, 0.1) is 0 Å². The van der Waals surface area contributed by atoms with Gasteiger partial charge in [-0.1, -0.05) is 72.8 Å². The zero-order valence-corrected chi connectivity index (χ0v) is 25.8. The molecule has 0 aliphatic carbocycles. The molecule has 0 saturated carbocycles. The van der Waals surface area contributed by atoms with Crippen LogP contribution in [0.5, 0.6) is 0 Å². The summed E-state index contributed by atoms with van der Waals surface area (Å²) in [5.41, 5.74) is 10.1. The Hall–Kier alpha value is -6.39. The van der Waals surface area contributed by atoms with Crippen molar-refractivity contribution in [1.82, 2.24) is 0 Å². The van der Waals surface area contributed by atoms with Gasteiger partial charge < -0.3 is 14.7 Å². The van der Waals surface area contributed by atoms with Crippen molar-refractivity contribution in [1.29, 1.82) is 0 Å². The third-order valence-electron chi connectivity index (χ3n) is 8.08. The molecule has 0 fully saturated rings. The number of carbonyl (C=O) groups excluding carboxylic acids is 1. The van der Waals surface area contributed by atoms with Gasteiger partial charge in [-0.15, -0.1) is 0 Å². The monoisotopic (exact) mass is 607 g/mol. The van der Waals surface area contributed by atoms with Crippen LogP contribution in [0.25, 0.3) is 0 Å². The molecule has 226 valence electrons. The Labute approximate surface area is 276 Å². The summed E-state index contributed by atoms with van der Waals surface area (Å²) >= 11 is 0. The van der Waals surface area contributed by atoms with E-state index in [9.17, 15) is 4.79 Å². The molecule has 0 bridgehead atoms. The second-order valence-electron chi connectivity index (χ2n) is 11.1. The van der Waals surface area contributed by atoms with E-state index >= 15 is 0 Å². The van der Waals surface area contributed by atoms with Crippen LogP contribution in [0.2, 0.25) is 0 Å². The molecule has 0 unspecified atom stereocenters. The smallest absolute Gasteiger partial charge is 0.150 e. The van der Waals surface area contributed by atoms with Crippen molar-refractivity contribution in [2.75, 3.05) is 14.7 Å². The quantitative estimate of drug-likeness (QED) is 0.145. The van der Waals surface area contributed by atoms with E-state index in [1.807, 2.05) is 48.5 Å². The predicted molar refractivity (Wildman–Crippen MR) is 196 cm³/mol. The molecule has 7 aromatic rings. The van der Waals surface area contributed by atoms with Gasteiger partial charge in [0.1, 0.15) is 6.29 Å². The maximum Gasteiger partial charge on any atom is 0.150 e. The van der Waals surface area contributed by atoms with E-state index in [2.05, 4.69) is 160 Å². The number of aldehydes is 1.